The topological polar surface area (TPSA) is 78.9 Å². The summed E-state index contributed by atoms with van der Waals surface area (Å²) in [5.41, 5.74) is 0. The molecule has 0 N–H and O–H groups in total. The maximum absolute atomic E-state index is 12.5. The summed E-state index contributed by atoms with van der Waals surface area (Å²) in [7, 11) is 0. The van der Waals surface area contributed by atoms with Gasteiger partial charge < -0.3 is 14.2 Å². The van der Waals surface area contributed by atoms with E-state index in [1.165, 1.54) is 173 Å². The minimum Gasteiger partial charge on any atom is -0.462 e. The largest absolute Gasteiger partial charge is 0.462 e. The minimum absolute atomic E-state index is 0.0657. The van der Waals surface area contributed by atoms with E-state index in [0.717, 1.165) is 70.6 Å². The summed E-state index contributed by atoms with van der Waals surface area (Å²) in [6, 6.07) is 0. The number of ether oxygens (including phenoxy) is 3. The van der Waals surface area contributed by atoms with E-state index in [0.29, 0.717) is 19.3 Å². The summed E-state index contributed by atoms with van der Waals surface area (Å²) in [5.74, 6) is -0.883. The van der Waals surface area contributed by atoms with Crippen molar-refractivity contribution in [1.29, 1.82) is 0 Å². The van der Waals surface area contributed by atoms with Crippen molar-refractivity contribution in [2.45, 2.75) is 290 Å². The molecule has 6 heteroatoms. The van der Waals surface area contributed by atoms with Crippen LogP contribution >= 0.6 is 0 Å². The van der Waals surface area contributed by atoms with Crippen molar-refractivity contribution in [1.82, 2.24) is 0 Å². The summed E-state index contributed by atoms with van der Waals surface area (Å²) < 4.78 is 16.5. The van der Waals surface area contributed by atoms with Crippen molar-refractivity contribution in [2.75, 3.05) is 13.2 Å². The first-order valence-corrected chi connectivity index (χ1v) is 25.0. The van der Waals surface area contributed by atoms with Crippen LogP contribution < -0.4 is 0 Å². The van der Waals surface area contributed by atoms with Gasteiger partial charge in [0.1, 0.15) is 13.2 Å². The highest BCUT2D eigenvalue weighted by Crippen LogP contribution is 2.17. The van der Waals surface area contributed by atoms with E-state index in [4.69, 9.17) is 14.2 Å². The molecule has 0 aliphatic carbocycles. The third-order valence-electron chi connectivity index (χ3n) is 11.4. The first-order valence-electron chi connectivity index (χ1n) is 25.0. The first-order chi connectivity index (χ1) is 27.5. The lowest BCUT2D eigenvalue weighted by Crippen LogP contribution is -2.30. The molecule has 0 amide bonds. The van der Waals surface area contributed by atoms with Crippen molar-refractivity contribution in [3.63, 3.8) is 0 Å². The highest BCUT2D eigenvalue weighted by Gasteiger charge is 2.19. The molecule has 0 saturated carbocycles. The van der Waals surface area contributed by atoms with Crippen molar-refractivity contribution < 1.29 is 28.6 Å². The Morgan fingerprint density at radius 2 is 0.482 bits per heavy atom. The standard InChI is InChI=1S/C50H96O6/c1-4-7-10-13-14-15-16-17-18-19-20-21-22-23-24-25-26-27-28-29-30-31-32-33-34-35-38-40-43-49(52)55-46-47(56-50(53)44-41-37-12-9-6-3)45-54-48(51)42-39-36-11-8-5-2/h47H,4-46H2,1-3H3. The van der Waals surface area contributed by atoms with Gasteiger partial charge in [0.25, 0.3) is 0 Å². The minimum atomic E-state index is -0.755. The molecule has 0 rings (SSSR count). The van der Waals surface area contributed by atoms with E-state index in [-0.39, 0.29) is 31.1 Å². The number of carbonyl (C=O) groups excluding carboxylic acids is 3. The van der Waals surface area contributed by atoms with Crippen molar-refractivity contribution in [3.05, 3.63) is 0 Å². The molecular formula is C50H96O6. The summed E-state index contributed by atoms with van der Waals surface area (Å²) >= 11 is 0. The molecule has 56 heavy (non-hydrogen) atoms. The summed E-state index contributed by atoms with van der Waals surface area (Å²) in [4.78, 5) is 37.1. The zero-order chi connectivity index (χ0) is 40.8. The molecule has 0 fully saturated rings. The fraction of sp³-hybridized carbons (Fsp3) is 0.940. The van der Waals surface area contributed by atoms with Crippen LogP contribution in [-0.4, -0.2) is 37.2 Å². The maximum atomic E-state index is 12.5. The molecule has 0 aliphatic rings. The van der Waals surface area contributed by atoms with E-state index in [1.807, 2.05) is 0 Å². The lowest BCUT2D eigenvalue weighted by Gasteiger charge is -2.18. The van der Waals surface area contributed by atoms with Gasteiger partial charge in [0, 0.05) is 19.3 Å². The van der Waals surface area contributed by atoms with Gasteiger partial charge in [-0.2, -0.15) is 0 Å². The second-order valence-corrected chi connectivity index (χ2v) is 17.1. The van der Waals surface area contributed by atoms with Gasteiger partial charge >= 0.3 is 17.9 Å². The number of hydrogen-bond acceptors (Lipinski definition) is 6. The summed E-state index contributed by atoms with van der Waals surface area (Å²) in [5, 5.41) is 0. The SMILES string of the molecule is CCCCCCCCCCCCCCCCCCCCCCCCCCCCCCC(=O)OCC(COC(=O)CCCCCCC)OC(=O)CCCCCCC. The van der Waals surface area contributed by atoms with Crippen molar-refractivity contribution in [2.24, 2.45) is 0 Å². The molecule has 332 valence electrons. The predicted molar refractivity (Wildman–Crippen MR) is 238 cm³/mol. The zero-order valence-corrected chi connectivity index (χ0v) is 37.9. The fourth-order valence-corrected chi connectivity index (χ4v) is 7.56. The Hall–Kier alpha value is -1.59. The summed E-state index contributed by atoms with van der Waals surface area (Å²) in [6.07, 6.45) is 49.1. The van der Waals surface area contributed by atoms with E-state index in [9.17, 15) is 14.4 Å². The number of esters is 3. The lowest BCUT2D eigenvalue weighted by atomic mass is 10.0. The molecular weight excluding hydrogens is 697 g/mol. The molecule has 0 aliphatic heterocycles. The van der Waals surface area contributed by atoms with Gasteiger partial charge in [0.2, 0.25) is 0 Å². The maximum Gasteiger partial charge on any atom is 0.306 e. The Labute approximate surface area is 348 Å². The molecule has 0 spiro atoms. The van der Waals surface area contributed by atoms with E-state index >= 15 is 0 Å². The molecule has 0 bridgehead atoms. The molecule has 1 atom stereocenters. The van der Waals surface area contributed by atoms with Gasteiger partial charge in [-0.25, -0.2) is 0 Å². The Morgan fingerprint density at radius 1 is 0.286 bits per heavy atom. The predicted octanol–water partition coefficient (Wildman–Crippen LogP) is 16.0. The quantitative estimate of drug-likeness (QED) is 0.0347. The van der Waals surface area contributed by atoms with Crippen LogP contribution in [0.4, 0.5) is 0 Å². The molecule has 0 aromatic rings. The van der Waals surface area contributed by atoms with Crippen LogP contribution in [0.5, 0.6) is 0 Å². The molecule has 0 heterocycles. The van der Waals surface area contributed by atoms with Gasteiger partial charge in [0.15, 0.2) is 6.10 Å². The van der Waals surface area contributed by atoms with Crippen molar-refractivity contribution >= 4 is 17.9 Å². The zero-order valence-electron chi connectivity index (χ0n) is 37.9. The van der Waals surface area contributed by atoms with Crippen LogP contribution in [0, 0.1) is 0 Å². The van der Waals surface area contributed by atoms with Crippen LogP contribution in [0.1, 0.15) is 284 Å². The summed E-state index contributed by atoms with van der Waals surface area (Å²) in [6.45, 7) is 6.49. The third kappa shape index (κ3) is 43.5. The molecule has 0 aromatic heterocycles. The average Bonchev–Trinajstić information content (AvgIpc) is 3.19. The van der Waals surface area contributed by atoms with Gasteiger partial charge in [-0.15, -0.1) is 0 Å². The number of unbranched alkanes of at least 4 members (excludes halogenated alkanes) is 35. The van der Waals surface area contributed by atoms with Crippen LogP contribution in [0.25, 0.3) is 0 Å². The van der Waals surface area contributed by atoms with Crippen LogP contribution in [0.15, 0.2) is 0 Å². The lowest BCUT2D eigenvalue weighted by molar-refractivity contribution is -0.167. The van der Waals surface area contributed by atoms with Gasteiger partial charge in [-0.1, -0.05) is 245 Å². The molecule has 0 saturated heterocycles. The normalized spacial score (nSPS) is 11.8. The van der Waals surface area contributed by atoms with Gasteiger partial charge in [-0.3, -0.25) is 14.4 Å². The molecule has 1 unspecified atom stereocenters. The van der Waals surface area contributed by atoms with E-state index < -0.39 is 6.10 Å². The fourth-order valence-electron chi connectivity index (χ4n) is 7.56. The second kappa shape index (κ2) is 46.1. The van der Waals surface area contributed by atoms with E-state index in [1.54, 1.807) is 0 Å². The van der Waals surface area contributed by atoms with Crippen LogP contribution in [0.2, 0.25) is 0 Å². The highest BCUT2D eigenvalue weighted by atomic mass is 16.6. The van der Waals surface area contributed by atoms with Crippen LogP contribution in [0.3, 0.4) is 0 Å². The highest BCUT2D eigenvalue weighted by molar-refractivity contribution is 5.71. The number of carbonyl (C=O) groups is 3. The molecule has 0 radical (unpaired) electrons. The molecule has 6 nitrogen and oxygen atoms in total. The van der Waals surface area contributed by atoms with Gasteiger partial charge in [0.05, 0.1) is 0 Å². The Morgan fingerprint density at radius 3 is 0.714 bits per heavy atom. The molecule has 0 aromatic carbocycles. The Kier molecular flexibility index (Phi) is 44.8. The Balaban J connectivity index is 3.73. The first kappa shape index (κ1) is 54.4. The van der Waals surface area contributed by atoms with E-state index in [2.05, 4.69) is 20.8 Å². The van der Waals surface area contributed by atoms with Gasteiger partial charge in [-0.05, 0) is 19.3 Å². The monoisotopic (exact) mass is 793 g/mol. The number of hydrogen-bond donors (Lipinski definition) is 0. The smallest absolute Gasteiger partial charge is 0.306 e. The van der Waals surface area contributed by atoms with Crippen LogP contribution in [-0.2, 0) is 28.6 Å². The number of rotatable bonds is 46. The second-order valence-electron chi connectivity index (χ2n) is 17.1. The average molecular weight is 793 g/mol. The van der Waals surface area contributed by atoms with Crippen molar-refractivity contribution in [3.8, 4) is 0 Å². The third-order valence-corrected chi connectivity index (χ3v) is 11.4. The Bertz CT molecular complexity index is 828.